The van der Waals surface area contributed by atoms with Crippen LogP contribution < -0.4 is 5.32 Å². The molecule has 0 saturated carbocycles. The minimum Gasteiger partial charge on any atom is -0.318 e. The first kappa shape index (κ1) is 15.2. The van der Waals surface area contributed by atoms with E-state index < -0.39 is 41.1 Å². The summed E-state index contributed by atoms with van der Waals surface area (Å²) in [4.78, 5) is 10.7. The van der Waals surface area contributed by atoms with E-state index in [9.17, 15) is 39.9 Å². The van der Waals surface area contributed by atoms with Gasteiger partial charge in [-0.05, 0) is 12.1 Å². The SMILES string of the molecule is O=C(Nc1ccc(F)c(F)c1F)C(F)(F)C(F)(F)F. The molecule has 0 unspecified atom stereocenters. The van der Waals surface area contributed by atoms with E-state index in [2.05, 4.69) is 0 Å². The standard InChI is InChI=1S/C9H3F8NO/c10-3-1-2-4(6(12)5(3)11)18-7(19)8(13,14)9(15,16)17/h1-2H,(H,18,19). The number of benzene rings is 1. The molecule has 10 heteroatoms. The smallest absolute Gasteiger partial charge is 0.318 e. The van der Waals surface area contributed by atoms with E-state index >= 15 is 0 Å². The van der Waals surface area contributed by atoms with Crippen LogP contribution in [-0.2, 0) is 4.79 Å². The largest absolute Gasteiger partial charge is 0.463 e. The maximum atomic E-state index is 13.0. The van der Waals surface area contributed by atoms with Crippen LogP contribution in [0.2, 0.25) is 0 Å². The van der Waals surface area contributed by atoms with E-state index in [-0.39, 0.29) is 6.07 Å². The van der Waals surface area contributed by atoms with Crippen molar-refractivity contribution in [1.82, 2.24) is 0 Å². The zero-order valence-corrected chi connectivity index (χ0v) is 8.59. The molecule has 0 saturated heterocycles. The van der Waals surface area contributed by atoms with Gasteiger partial charge in [-0.3, -0.25) is 4.79 Å². The third-order valence-electron chi connectivity index (χ3n) is 1.92. The van der Waals surface area contributed by atoms with Gasteiger partial charge in [0.15, 0.2) is 17.5 Å². The van der Waals surface area contributed by atoms with Crippen molar-refractivity contribution in [3.05, 3.63) is 29.6 Å². The number of amides is 1. The van der Waals surface area contributed by atoms with Crippen molar-refractivity contribution in [2.45, 2.75) is 12.1 Å². The average molecular weight is 293 g/mol. The van der Waals surface area contributed by atoms with E-state index in [1.807, 2.05) is 0 Å². The maximum absolute atomic E-state index is 13.0. The normalized spacial score (nSPS) is 12.4. The molecule has 106 valence electrons. The van der Waals surface area contributed by atoms with Crippen LogP contribution in [0.4, 0.5) is 40.8 Å². The second kappa shape index (κ2) is 4.67. The first-order chi connectivity index (χ1) is 8.48. The van der Waals surface area contributed by atoms with Gasteiger partial charge < -0.3 is 5.32 Å². The molecule has 0 aromatic heterocycles. The van der Waals surface area contributed by atoms with Gasteiger partial charge in [-0.15, -0.1) is 0 Å². The third kappa shape index (κ3) is 2.76. The Morgan fingerprint density at radius 2 is 1.47 bits per heavy atom. The Hall–Kier alpha value is -1.87. The summed E-state index contributed by atoms with van der Waals surface area (Å²) in [5.74, 6) is -14.6. The summed E-state index contributed by atoms with van der Waals surface area (Å²) in [6.45, 7) is 0. The van der Waals surface area contributed by atoms with Gasteiger partial charge in [0.05, 0.1) is 5.69 Å². The van der Waals surface area contributed by atoms with Gasteiger partial charge >= 0.3 is 18.0 Å². The van der Waals surface area contributed by atoms with Crippen molar-refractivity contribution in [3.63, 3.8) is 0 Å². The molecule has 1 N–H and O–H groups in total. The molecule has 0 spiro atoms. The minimum atomic E-state index is -6.20. The van der Waals surface area contributed by atoms with Crippen molar-refractivity contribution in [3.8, 4) is 0 Å². The lowest BCUT2D eigenvalue weighted by molar-refractivity contribution is -0.267. The molecule has 1 amide bonds. The minimum absolute atomic E-state index is 0.250. The Bertz CT molecular complexity index is 510. The van der Waals surface area contributed by atoms with Crippen LogP contribution in [0.3, 0.4) is 0 Å². The number of nitrogens with one attached hydrogen (secondary N) is 1. The fourth-order valence-corrected chi connectivity index (χ4v) is 0.952. The summed E-state index contributed by atoms with van der Waals surface area (Å²) in [5.41, 5.74) is -1.34. The second-order valence-electron chi connectivity index (χ2n) is 3.25. The molecule has 0 radical (unpaired) electrons. The zero-order chi connectivity index (χ0) is 15.0. The van der Waals surface area contributed by atoms with Gasteiger partial charge in [0.25, 0.3) is 0 Å². The van der Waals surface area contributed by atoms with Crippen LogP contribution in [-0.4, -0.2) is 18.0 Å². The number of halogens is 8. The number of rotatable bonds is 2. The van der Waals surface area contributed by atoms with E-state index in [4.69, 9.17) is 0 Å². The average Bonchev–Trinajstić information content (AvgIpc) is 2.28. The molecule has 1 aromatic carbocycles. The lowest BCUT2D eigenvalue weighted by Gasteiger charge is -2.18. The molecule has 0 fully saturated rings. The molecule has 19 heavy (non-hydrogen) atoms. The molecule has 0 bridgehead atoms. The highest BCUT2D eigenvalue weighted by Gasteiger charge is 2.63. The zero-order valence-electron chi connectivity index (χ0n) is 8.59. The van der Waals surface area contributed by atoms with Gasteiger partial charge in [0, 0.05) is 0 Å². The summed E-state index contributed by atoms with van der Waals surface area (Å²) in [7, 11) is 0. The highest BCUT2D eigenvalue weighted by Crippen LogP contribution is 2.36. The van der Waals surface area contributed by atoms with Gasteiger partial charge in [-0.25, -0.2) is 13.2 Å². The number of hydrogen-bond donors (Lipinski definition) is 1. The summed E-state index contributed by atoms with van der Waals surface area (Å²) >= 11 is 0. The number of hydrogen-bond acceptors (Lipinski definition) is 1. The second-order valence-corrected chi connectivity index (χ2v) is 3.25. The predicted molar refractivity (Wildman–Crippen MR) is 45.9 cm³/mol. The molecule has 0 aliphatic rings. The summed E-state index contributed by atoms with van der Waals surface area (Å²) in [5, 5.41) is 0.834. The molecular weight excluding hydrogens is 290 g/mol. The van der Waals surface area contributed by atoms with Crippen LogP contribution in [0.15, 0.2) is 12.1 Å². The van der Waals surface area contributed by atoms with Crippen molar-refractivity contribution >= 4 is 11.6 Å². The van der Waals surface area contributed by atoms with E-state index in [0.29, 0.717) is 6.07 Å². The first-order valence-corrected chi connectivity index (χ1v) is 4.38. The fraction of sp³-hybridized carbons (Fsp3) is 0.222. The number of carbonyl (C=O) groups excluding carboxylic acids is 1. The van der Waals surface area contributed by atoms with E-state index in [0.717, 1.165) is 5.32 Å². The lowest BCUT2D eigenvalue weighted by atomic mass is 10.2. The van der Waals surface area contributed by atoms with Gasteiger partial charge in [-0.2, -0.15) is 22.0 Å². The molecule has 2 nitrogen and oxygen atoms in total. The topological polar surface area (TPSA) is 29.1 Å². The lowest BCUT2D eigenvalue weighted by Crippen LogP contribution is -2.47. The maximum Gasteiger partial charge on any atom is 0.463 e. The molecule has 0 heterocycles. The Morgan fingerprint density at radius 1 is 0.947 bits per heavy atom. The molecule has 0 aliphatic heterocycles. The summed E-state index contributed by atoms with van der Waals surface area (Å²) < 4.78 is 98.4. The Kier molecular flexibility index (Phi) is 3.73. The van der Waals surface area contributed by atoms with Gasteiger partial charge in [0.1, 0.15) is 0 Å². The van der Waals surface area contributed by atoms with E-state index in [1.54, 1.807) is 0 Å². The first-order valence-electron chi connectivity index (χ1n) is 4.38. The Balaban J connectivity index is 3.05. The van der Waals surface area contributed by atoms with Crippen LogP contribution in [0.5, 0.6) is 0 Å². The molecule has 0 aliphatic carbocycles. The third-order valence-corrected chi connectivity index (χ3v) is 1.92. The Labute approximate surface area is 99.6 Å². The number of anilines is 1. The summed E-state index contributed by atoms with van der Waals surface area (Å²) in [6, 6.07) is 0.553. The molecule has 0 atom stereocenters. The van der Waals surface area contributed by atoms with Crippen molar-refractivity contribution < 1.29 is 39.9 Å². The number of carbonyl (C=O) groups is 1. The van der Waals surface area contributed by atoms with Crippen LogP contribution >= 0.6 is 0 Å². The van der Waals surface area contributed by atoms with Crippen LogP contribution in [0.25, 0.3) is 0 Å². The Morgan fingerprint density at radius 3 is 1.95 bits per heavy atom. The van der Waals surface area contributed by atoms with E-state index in [1.165, 1.54) is 0 Å². The summed E-state index contributed by atoms with van der Waals surface area (Å²) in [6.07, 6.45) is -6.20. The van der Waals surface area contributed by atoms with Gasteiger partial charge in [-0.1, -0.05) is 0 Å². The van der Waals surface area contributed by atoms with Crippen LogP contribution in [0.1, 0.15) is 0 Å². The van der Waals surface area contributed by atoms with Crippen molar-refractivity contribution in [2.24, 2.45) is 0 Å². The van der Waals surface area contributed by atoms with Crippen molar-refractivity contribution in [2.75, 3.05) is 5.32 Å². The van der Waals surface area contributed by atoms with Crippen LogP contribution in [0, 0.1) is 17.5 Å². The molecule has 1 aromatic rings. The highest BCUT2D eigenvalue weighted by molar-refractivity contribution is 5.96. The predicted octanol–water partition coefficient (Wildman–Crippen LogP) is 3.24. The van der Waals surface area contributed by atoms with Gasteiger partial charge in [0.2, 0.25) is 0 Å². The number of alkyl halides is 5. The molecule has 1 rings (SSSR count). The monoisotopic (exact) mass is 293 g/mol. The quantitative estimate of drug-likeness (QED) is 0.658. The molecular formula is C9H3F8NO. The fourth-order valence-electron chi connectivity index (χ4n) is 0.952. The highest BCUT2D eigenvalue weighted by atomic mass is 19.4. The van der Waals surface area contributed by atoms with Crippen molar-refractivity contribution in [1.29, 1.82) is 0 Å².